The largest absolute Gasteiger partial charge is 0.343 e. The minimum atomic E-state index is -3.00. The minimum Gasteiger partial charge on any atom is -0.343 e. The first-order valence-electron chi connectivity index (χ1n) is 8.48. The van der Waals surface area contributed by atoms with E-state index in [1.165, 1.54) is 5.56 Å². The van der Waals surface area contributed by atoms with Gasteiger partial charge in [-0.3, -0.25) is 4.79 Å². The van der Waals surface area contributed by atoms with Crippen LogP contribution in [0.2, 0.25) is 0 Å². The van der Waals surface area contributed by atoms with Crippen molar-refractivity contribution < 1.29 is 13.2 Å². The van der Waals surface area contributed by atoms with Crippen molar-refractivity contribution in [3.63, 3.8) is 0 Å². The third-order valence-corrected chi connectivity index (χ3v) is 7.21. The summed E-state index contributed by atoms with van der Waals surface area (Å²) in [5.41, 5.74) is 1.39. The summed E-state index contributed by atoms with van der Waals surface area (Å²) >= 11 is 0. The summed E-state index contributed by atoms with van der Waals surface area (Å²) in [7, 11) is -1.15. The van der Waals surface area contributed by atoms with Crippen molar-refractivity contribution in [1.82, 2.24) is 4.90 Å². The van der Waals surface area contributed by atoms with E-state index in [0.29, 0.717) is 12.3 Å². The Labute approximate surface area is 138 Å². The van der Waals surface area contributed by atoms with Crippen LogP contribution in [0.5, 0.6) is 0 Å². The highest BCUT2D eigenvalue weighted by atomic mass is 32.2. The van der Waals surface area contributed by atoms with Gasteiger partial charge < -0.3 is 4.90 Å². The number of hydrogen-bond donors (Lipinski definition) is 0. The minimum absolute atomic E-state index is 0.0224. The van der Waals surface area contributed by atoms with E-state index in [4.69, 9.17) is 0 Å². The van der Waals surface area contributed by atoms with E-state index >= 15 is 0 Å². The van der Waals surface area contributed by atoms with Crippen molar-refractivity contribution in [1.29, 1.82) is 0 Å². The molecule has 1 saturated carbocycles. The molecular formula is C18H25NO3S. The Hall–Kier alpha value is -1.36. The molecule has 0 spiro atoms. The molecular weight excluding hydrogens is 310 g/mol. The Bertz CT molecular complexity index is 648. The predicted molar refractivity (Wildman–Crippen MR) is 91.0 cm³/mol. The standard InChI is InChI=1S/C18H25NO3S/c1-19(18(20)16-11-12-23(21,22)13-16)17-9-7-15(8-10-17)14-5-3-2-4-6-14/h2-6,15-17H,7-13H2,1H3. The molecule has 1 aromatic rings. The van der Waals surface area contributed by atoms with Gasteiger partial charge in [-0.1, -0.05) is 30.3 Å². The molecule has 5 heteroatoms. The van der Waals surface area contributed by atoms with Gasteiger partial charge in [0.15, 0.2) is 9.84 Å². The molecule has 0 aromatic heterocycles. The zero-order chi connectivity index (χ0) is 16.4. The predicted octanol–water partition coefficient (Wildman–Crippen LogP) is 2.61. The van der Waals surface area contributed by atoms with Gasteiger partial charge >= 0.3 is 0 Å². The Morgan fingerprint density at radius 3 is 2.26 bits per heavy atom. The highest BCUT2D eigenvalue weighted by Crippen LogP contribution is 2.35. The molecule has 1 heterocycles. The van der Waals surface area contributed by atoms with Gasteiger partial charge in [0.05, 0.1) is 17.4 Å². The number of benzene rings is 1. The smallest absolute Gasteiger partial charge is 0.226 e. The lowest BCUT2D eigenvalue weighted by atomic mass is 9.81. The molecule has 0 radical (unpaired) electrons. The van der Waals surface area contributed by atoms with Crippen molar-refractivity contribution in [3.8, 4) is 0 Å². The first-order chi connectivity index (χ1) is 11.0. The maximum atomic E-state index is 12.5. The van der Waals surface area contributed by atoms with Gasteiger partial charge in [-0.15, -0.1) is 0 Å². The van der Waals surface area contributed by atoms with Crippen molar-refractivity contribution in [2.45, 2.75) is 44.1 Å². The van der Waals surface area contributed by atoms with Crippen LogP contribution in [0.25, 0.3) is 0 Å². The molecule has 1 aliphatic heterocycles. The van der Waals surface area contributed by atoms with E-state index in [-0.39, 0.29) is 29.4 Å². The molecule has 1 saturated heterocycles. The number of amides is 1. The molecule has 3 rings (SSSR count). The summed E-state index contributed by atoms with van der Waals surface area (Å²) < 4.78 is 23.1. The molecule has 2 fully saturated rings. The lowest BCUT2D eigenvalue weighted by Gasteiger charge is -2.36. The van der Waals surface area contributed by atoms with Crippen LogP contribution in [0.3, 0.4) is 0 Å². The highest BCUT2D eigenvalue weighted by Gasteiger charge is 2.37. The molecule has 23 heavy (non-hydrogen) atoms. The molecule has 1 unspecified atom stereocenters. The Morgan fingerprint density at radius 1 is 1.04 bits per heavy atom. The topological polar surface area (TPSA) is 54.5 Å². The Balaban J connectivity index is 1.56. The van der Waals surface area contributed by atoms with Crippen LogP contribution in [0.4, 0.5) is 0 Å². The van der Waals surface area contributed by atoms with Crippen LogP contribution in [0.1, 0.15) is 43.6 Å². The number of sulfone groups is 1. The average Bonchev–Trinajstić information content (AvgIpc) is 2.94. The quantitative estimate of drug-likeness (QED) is 0.853. The van der Waals surface area contributed by atoms with Crippen molar-refractivity contribution >= 4 is 15.7 Å². The normalized spacial score (nSPS) is 30.0. The van der Waals surface area contributed by atoms with E-state index in [1.807, 2.05) is 18.0 Å². The van der Waals surface area contributed by atoms with Gasteiger partial charge in [0.1, 0.15) is 0 Å². The fourth-order valence-electron chi connectivity index (χ4n) is 3.98. The van der Waals surface area contributed by atoms with Gasteiger partial charge in [-0.2, -0.15) is 0 Å². The van der Waals surface area contributed by atoms with Gasteiger partial charge in [0.25, 0.3) is 0 Å². The van der Waals surface area contributed by atoms with Crippen LogP contribution in [-0.4, -0.2) is 43.8 Å². The second-order valence-corrected chi connectivity index (χ2v) is 9.19. The van der Waals surface area contributed by atoms with Crippen molar-refractivity contribution in [2.24, 2.45) is 5.92 Å². The molecule has 1 aromatic carbocycles. The molecule has 0 bridgehead atoms. The number of hydrogen-bond acceptors (Lipinski definition) is 3. The van der Waals surface area contributed by atoms with E-state index in [2.05, 4.69) is 24.3 Å². The maximum absolute atomic E-state index is 12.5. The second-order valence-electron chi connectivity index (χ2n) is 6.97. The van der Waals surface area contributed by atoms with E-state index in [1.54, 1.807) is 0 Å². The number of rotatable bonds is 3. The van der Waals surface area contributed by atoms with Crippen LogP contribution >= 0.6 is 0 Å². The fraction of sp³-hybridized carbons (Fsp3) is 0.611. The average molecular weight is 335 g/mol. The Kier molecular flexibility index (Phi) is 4.76. The van der Waals surface area contributed by atoms with Gasteiger partial charge in [-0.05, 0) is 43.6 Å². The van der Waals surface area contributed by atoms with Gasteiger partial charge in [0.2, 0.25) is 5.91 Å². The second kappa shape index (κ2) is 6.63. The van der Waals surface area contributed by atoms with E-state index in [0.717, 1.165) is 25.7 Å². The summed E-state index contributed by atoms with van der Waals surface area (Å²) in [4.78, 5) is 14.4. The van der Waals surface area contributed by atoms with E-state index < -0.39 is 9.84 Å². The van der Waals surface area contributed by atoms with Gasteiger partial charge in [0, 0.05) is 13.1 Å². The summed E-state index contributed by atoms with van der Waals surface area (Å²) in [6.07, 6.45) is 4.68. The monoisotopic (exact) mass is 335 g/mol. The first kappa shape index (κ1) is 16.5. The van der Waals surface area contributed by atoms with Crippen molar-refractivity contribution in [3.05, 3.63) is 35.9 Å². The summed E-state index contributed by atoms with van der Waals surface area (Å²) in [6, 6.07) is 10.8. The molecule has 126 valence electrons. The number of carbonyl (C=O) groups is 1. The number of carbonyl (C=O) groups excluding carboxylic acids is 1. The highest BCUT2D eigenvalue weighted by molar-refractivity contribution is 7.91. The molecule has 1 aliphatic carbocycles. The summed E-state index contributed by atoms with van der Waals surface area (Å²) in [6.45, 7) is 0. The SMILES string of the molecule is CN(C(=O)C1CCS(=O)(=O)C1)C1CCC(c2ccccc2)CC1. The molecule has 2 aliphatic rings. The molecule has 0 N–H and O–H groups in total. The molecule has 1 amide bonds. The van der Waals surface area contributed by atoms with Crippen LogP contribution in [0.15, 0.2) is 30.3 Å². The van der Waals surface area contributed by atoms with Crippen molar-refractivity contribution in [2.75, 3.05) is 18.6 Å². The lowest BCUT2D eigenvalue weighted by molar-refractivity contribution is -0.136. The third kappa shape index (κ3) is 3.77. The van der Waals surface area contributed by atoms with Gasteiger partial charge in [-0.25, -0.2) is 8.42 Å². The number of nitrogens with zero attached hydrogens (tertiary/aromatic N) is 1. The maximum Gasteiger partial charge on any atom is 0.226 e. The first-order valence-corrected chi connectivity index (χ1v) is 10.3. The zero-order valence-corrected chi connectivity index (χ0v) is 14.5. The summed E-state index contributed by atoms with van der Waals surface area (Å²) in [5.74, 6) is 0.488. The molecule has 4 nitrogen and oxygen atoms in total. The van der Waals surface area contributed by atoms with Crippen LogP contribution in [0, 0.1) is 5.92 Å². The van der Waals surface area contributed by atoms with E-state index in [9.17, 15) is 13.2 Å². The summed E-state index contributed by atoms with van der Waals surface area (Å²) in [5, 5.41) is 0. The fourth-order valence-corrected chi connectivity index (χ4v) is 5.71. The lowest BCUT2D eigenvalue weighted by Crippen LogP contribution is -2.42. The zero-order valence-electron chi connectivity index (χ0n) is 13.6. The Morgan fingerprint density at radius 2 is 1.70 bits per heavy atom. The van der Waals surface area contributed by atoms with Crippen LogP contribution in [-0.2, 0) is 14.6 Å². The third-order valence-electron chi connectivity index (χ3n) is 5.44. The molecule has 1 atom stereocenters. The van der Waals surface area contributed by atoms with Crippen LogP contribution < -0.4 is 0 Å².